The molecule has 4 heteroatoms. The summed E-state index contributed by atoms with van der Waals surface area (Å²) in [6.07, 6.45) is 3.06. The number of nitrogens with zero attached hydrogens (tertiary/aromatic N) is 1. The Labute approximate surface area is 146 Å². The van der Waals surface area contributed by atoms with Gasteiger partial charge in [0.2, 0.25) is 0 Å². The third-order valence-corrected chi connectivity index (χ3v) is 5.00. The fourth-order valence-electron chi connectivity index (χ4n) is 3.66. The minimum absolute atomic E-state index is 0.217. The number of ether oxygens (including phenoxy) is 1. The molecule has 2 aromatic carbocycles. The van der Waals surface area contributed by atoms with Gasteiger partial charge in [0, 0.05) is 17.6 Å². The average Bonchev–Trinajstić information content (AvgIpc) is 2.54. The van der Waals surface area contributed by atoms with Gasteiger partial charge in [-0.3, -0.25) is 4.90 Å². The predicted octanol–water partition coefficient (Wildman–Crippen LogP) is 4.54. The Bertz CT molecular complexity index is 741. The van der Waals surface area contributed by atoms with E-state index in [2.05, 4.69) is 35.2 Å². The quantitative estimate of drug-likeness (QED) is 0.811. The zero-order chi connectivity index (χ0) is 16.5. The molecule has 4 rings (SSSR count). The summed E-state index contributed by atoms with van der Waals surface area (Å²) < 4.78 is 19.4. The summed E-state index contributed by atoms with van der Waals surface area (Å²) in [5.74, 6) is -0.286. The molecule has 0 radical (unpaired) electrons. The highest BCUT2D eigenvalue weighted by Gasteiger charge is 2.34. The second kappa shape index (κ2) is 6.67. The van der Waals surface area contributed by atoms with E-state index in [9.17, 15) is 4.39 Å². The molecule has 2 nitrogen and oxygen atoms in total. The average molecular weight is 344 g/mol. The van der Waals surface area contributed by atoms with E-state index >= 15 is 0 Å². The third kappa shape index (κ3) is 3.25. The van der Waals surface area contributed by atoms with Crippen LogP contribution in [0.15, 0.2) is 54.6 Å². The normalized spacial score (nSPS) is 23.8. The summed E-state index contributed by atoms with van der Waals surface area (Å²) in [5, 5.41) is 0.444. The van der Waals surface area contributed by atoms with Crippen molar-refractivity contribution in [3.63, 3.8) is 0 Å². The zero-order valence-corrected chi connectivity index (χ0v) is 14.0. The number of halogens is 2. The first-order valence-electron chi connectivity index (χ1n) is 8.23. The van der Waals surface area contributed by atoms with Crippen LogP contribution in [0.25, 0.3) is 5.57 Å². The summed E-state index contributed by atoms with van der Waals surface area (Å²) in [6.45, 7) is 2.30. The van der Waals surface area contributed by atoms with Gasteiger partial charge in [0.25, 0.3) is 0 Å². The van der Waals surface area contributed by atoms with Gasteiger partial charge in [0.15, 0.2) is 0 Å². The number of morpholine rings is 1. The molecule has 1 fully saturated rings. The molecule has 2 aliphatic rings. The number of hydrogen-bond donors (Lipinski definition) is 0. The fourth-order valence-corrected chi connectivity index (χ4v) is 3.88. The maximum Gasteiger partial charge on any atom is 0.125 e. The second-order valence-electron chi connectivity index (χ2n) is 6.47. The largest absolute Gasteiger partial charge is 0.378 e. The van der Waals surface area contributed by atoms with Gasteiger partial charge in [-0.1, -0.05) is 48.0 Å². The Morgan fingerprint density at radius 3 is 2.71 bits per heavy atom. The van der Waals surface area contributed by atoms with Crippen LogP contribution in [-0.4, -0.2) is 30.2 Å². The van der Waals surface area contributed by atoms with Gasteiger partial charge in [0.1, 0.15) is 5.82 Å². The van der Waals surface area contributed by atoms with Crippen molar-refractivity contribution in [3.05, 3.63) is 76.6 Å². The molecule has 2 bridgehead atoms. The lowest BCUT2D eigenvalue weighted by molar-refractivity contribution is -0.0402. The summed E-state index contributed by atoms with van der Waals surface area (Å²) in [5.41, 5.74) is 3.36. The van der Waals surface area contributed by atoms with E-state index in [1.807, 2.05) is 12.1 Å². The number of hydrogen-bond acceptors (Lipinski definition) is 2. The van der Waals surface area contributed by atoms with Gasteiger partial charge in [-0.2, -0.15) is 0 Å². The molecule has 0 N–H and O–H groups in total. The molecule has 24 heavy (non-hydrogen) atoms. The molecule has 2 atom stereocenters. The molecule has 124 valence electrons. The van der Waals surface area contributed by atoms with Gasteiger partial charge in [-0.15, -0.1) is 0 Å². The molecule has 2 aromatic rings. The van der Waals surface area contributed by atoms with Crippen molar-refractivity contribution >= 4 is 17.2 Å². The minimum atomic E-state index is -0.286. The van der Waals surface area contributed by atoms with Crippen LogP contribution in [0.2, 0.25) is 5.02 Å². The first kappa shape index (κ1) is 15.8. The number of rotatable bonds is 3. The fraction of sp³-hybridized carbons (Fsp3) is 0.300. The highest BCUT2D eigenvalue weighted by atomic mass is 35.5. The van der Waals surface area contributed by atoms with Gasteiger partial charge in [0.05, 0.1) is 19.3 Å². The van der Waals surface area contributed by atoms with Crippen molar-refractivity contribution in [2.45, 2.75) is 25.0 Å². The van der Waals surface area contributed by atoms with E-state index in [1.165, 1.54) is 17.2 Å². The van der Waals surface area contributed by atoms with Gasteiger partial charge in [-0.25, -0.2) is 4.39 Å². The lowest BCUT2D eigenvalue weighted by Gasteiger charge is -2.44. The van der Waals surface area contributed by atoms with Gasteiger partial charge >= 0.3 is 0 Å². The van der Waals surface area contributed by atoms with E-state index in [-0.39, 0.29) is 11.9 Å². The van der Waals surface area contributed by atoms with Crippen molar-refractivity contribution < 1.29 is 9.13 Å². The van der Waals surface area contributed by atoms with Crippen LogP contribution in [-0.2, 0) is 11.3 Å². The Kier molecular flexibility index (Phi) is 4.40. The monoisotopic (exact) mass is 343 g/mol. The topological polar surface area (TPSA) is 12.5 Å². The van der Waals surface area contributed by atoms with Crippen molar-refractivity contribution in [1.29, 1.82) is 0 Å². The summed E-state index contributed by atoms with van der Waals surface area (Å²) in [4.78, 5) is 2.49. The van der Waals surface area contributed by atoms with Crippen LogP contribution in [0.3, 0.4) is 0 Å². The summed E-state index contributed by atoms with van der Waals surface area (Å²) >= 11 is 6.02. The van der Waals surface area contributed by atoms with Gasteiger partial charge < -0.3 is 4.74 Å². The highest BCUT2D eigenvalue weighted by molar-refractivity contribution is 6.30. The van der Waals surface area contributed by atoms with Crippen molar-refractivity contribution in [3.8, 4) is 0 Å². The van der Waals surface area contributed by atoms with E-state index in [1.54, 1.807) is 6.07 Å². The molecule has 0 amide bonds. The molecule has 0 aromatic heterocycles. The molecule has 2 aliphatic heterocycles. The van der Waals surface area contributed by atoms with Crippen molar-refractivity contribution in [1.82, 2.24) is 4.90 Å². The first-order chi connectivity index (χ1) is 11.7. The predicted molar refractivity (Wildman–Crippen MR) is 94.4 cm³/mol. The van der Waals surface area contributed by atoms with Crippen LogP contribution in [0.4, 0.5) is 4.39 Å². The molecule has 1 saturated heterocycles. The molecular formula is C20H19ClFNO. The van der Waals surface area contributed by atoms with Gasteiger partial charge in [-0.05, 0) is 41.3 Å². The maximum absolute atomic E-state index is 13.7. The SMILES string of the molecule is Fc1cc(Cl)cc(C2=CC3COCC(C2)N3Cc2ccccc2)c1. The number of fused-ring (bicyclic) bond motifs is 2. The standard InChI is InChI=1S/C20H19ClFNO/c21-17-6-15(7-18(22)10-17)16-8-19-12-24-13-20(9-16)23(19)11-14-4-2-1-3-5-14/h1-8,10,19-20H,9,11-13H2. The first-order valence-corrected chi connectivity index (χ1v) is 8.61. The minimum Gasteiger partial charge on any atom is -0.378 e. The van der Waals surface area contributed by atoms with Crippen LogP contribution in [0.1, 0.15) is 17.5 Å². The lowest BCUT2D eigenvalue weighted by atomic mass is 9.89. The van der Waals surface area contributed by atoms with Crippen molar-refractivity contribution in [2.75, 3.05) is 13.2 Å². The lowest BCUT2D eigenvalue weighted by Crippen LogP contribution is -2.53. The van der Waals surface area contributed by atoms with E-state index in [0.717, 1.165) is 18.5 Å². The third-order valence-electron chi connectivity index (χ3n) is 4.78. The molecule has 0 saturated carbocycles. The molecular weight excluding hydrogens is 325 g/mol. The molecule has 2 heterocycles. The summed E-state index contributed by atoms with van der Waals surface area (Å²) in [6, 6.07) is 15.8. The zero-order valence-electron chi connectivity index (χ0n) is 13.3. The smallest absolute Gasteiger partial charge is 0.125 e. The second-order valence-corrected chi connectivity index (χ2v) is 6.91. The van der Waals surface area contributed by atoms with Crippen LogP contribution >= 0.6 is 11.6 Å². The molecule has 0 spiro atoms. The maximum atomic E-state index is 13.7. The molecule has 0 aliphatic carbocycles. The Hall–Kier alpha value is -1.68. The van der Waals surface area contributed by atoms with Crippen molar-refractivity contribution in [2.24, 2.45) is 0 Å². The number of benzene rings is 2. The van der Waals surface area contributed by atoms with Crippen LogP contribution in [0, 0.1) is 5.82 Å². The highest BCUT2D eigenvalue weighted by Crippen LogP contribution is 2.34. The van der Waals surface area contributed by atoms with Crippen LogP contribution in [0.5, 0.6) is 0 Å². The molecule has 2 unspecified atom stereocenters. The Morgan fingerprint density at radius 2 is 1.96 bits per heavy atom. The Morgan fingerprint density at radius 1 is 1.12 bits per heavy atom. The van der Waals surface area contributed by atoms with E-state index in [0.29, 0.717) is 24.3 Å². The van der Waals surface area contributed by atoms with E-state index in [4.69, 9.17) is 16.3 Å². The summed E-state index contributed by atoms with van der Waals surface area (Å²) in [7, 11) is 0. The van der Waals surface area contributed by atoms with Crippen LogP contribution < -0.4 is 0 Å². The van der Waals surface area contributed by atoms with E-state index < -0.39 is 0 Å². The Balaban J connectivity index is 1.62.